The van der Waals surface area contributed by atoms with Crippen LogP contribution in [0.15, 0.2) is 58.1 Å². The van der Waals surface area contributed by atoms with Crippen molar-refractivity contribution < 1.29 is 13.9 Å². The quantitative estimate of drug-likeness (QED) is 0.614. The van der Waals surface area contributed by atoms with Crippen molar-refractivity contribution in [2.45, 2.75) is 5.66 Å². The molecule has 138 valence electrons. The van der Waals surface area contributed by atoms with Gasteiger partial charge in [-0.1, -0.05) is 0 Å². The van der Waals surface area contributed by atoms with Gasteiger partial charge in [-0.25, -0.2) is 4.99 Å². The van der Waals surface area contributed by atoms with Gasteiger partial charge >= 0.3 is 0 Å². The Hall–Kier alpha value is -3.45. The monoisotopic (exact) mass is 364 g/mol. The zero-order valence-corrected chi connectivity index (χ0v) is 15.0. The van der Waals surface area contributed by atoms with Crippen molar-refractivity contribution in [2.75, 3.05) is 25.3 Å². The Morgan fingerprint density at radius 3 is 2.56 bits per heavy atom. The van der Waals surface area contributed by atoms with Crippen LogP contribution in [0.3, 0.4) is 0 Å². The van der Waals surface area contributed by atoms with Gasteiger partial charge in [0, 0.05) is 22.8 Å². The Kier molecular flexibility index (Phi) is 4.01. The maximum Gasteiger partial charge on any atom is 0.167 e. The van der Waals surface area contributed by atoms with Gasteiger partial charge in [0.05, 0.1) is 38.2 Å². The van der Waals surface area contributed by atoms with E-state index >= 15 is 0 Å². The number of benzene rings is 2. The van der Waals surface area contributed by atoms with E-state index < -0.39 is 5.66 Å². The number of nitrogen functional groups attached to an aromatic ring is 1. The van der Waals surface area contributed by atoms with Crippen molar-refractivity contribution in [1.82, 2.24) is 0 Å². The molecule has 0 radical (unpaired) electrons. The molecular formula is C20H20N4O3. The molecule has 0 aliphatic carbocycles. The number of furan rings is 1. The molecule has 1 aromatic heterocycles. The summed E-state index contributed by atoms with van der Waals surface area (Å²) in [7, 11) is 3.17. The van der Waals surface area contributed by atoms with Crippen LogP contribution < -0.4 is 26.3 Å². The topological polar surface area (TPSA) is 108 Å². The summed E-state index contributed by atoms with van der Waals surface area (Å²) in [6.45, 7) is 0. The average Bonchev–Trinajstić information content (AvgIpc) is 3.22. The molecule has 7 heteroatoms. The second-order valence-electron chi connectivity index (χ2n) is 6.20. The van der Waals surface area contributed by atoms with E-state index in [0.29, 0.717) is 22.7 Å². The van der Waals surface area contributed by atoms with Gasteiger partial charge in [0.2, 0.25) is 0 Å². The van der Waals surface area contributed by atoms with Crippen molar-refractivity contribution in [3.63, 3.8) is 0 Å². The van der Waals surface area contributed by atoms with Gasteiger partial charge in [-0.05, 0) is 36.4 Å². The van der Waals surface area contributed by atoms with Crippen molar-refractivity contribution in [3.05, 3.63) is 59.9 Å². The molecule has 3 aromatic rings. The summed E-state index contributed by atoms with van der Waals surface area (Å²) < 4.78 is 16.4. The fourth-order valence-corrected chi connectivity index (χ4v) is 3.30. The first-order valence-corrected chi connectivity index (χ1v) is 8.36. The third-order valence-electron chi connectivity index (χ3n) is 4.68. The molecule has 2 aromatic carbocycles. The Morgan fingerprint density at radius 2 is 1.85 bits per heavy atom. The predicted molar refractivity (Wildman–Crippen MR) is 105 cm³/mol. The number of nitrogens with one attached hydrogen (secondary N) is 1. The summed E-state index contributed by atoms with van der Waals surface area (Å²) in [5, 5.41) is 3.10. The van der Waals surface area contributed by atoms with Crippen molar-refractivity contribution in [2.24, 2.45) is 10.7 Å². The van der Waals surface area contributed by atoms with E-state index in [4.69, 9.17) is 25.4 Å². The van der Waals surface area contributed by atoms with Crippen molar-refractivity contribution >= 4 is 17.7 Å². The fraction of sp³-hybridized carbons (Fsp3) is 0.150. The van der Waals surface area contributed by atoms with Gasteiger partial charge in [0.1, 0.15) is 17.3 Å². The molecule has 0 fully saturated rings. The van der Waals surface area contributed by atoms with E-state index in [1.54, 1.807) is 39.0 Å². The normalized spacial score (nSPS) is 17.9. The second kappa shape index (κ2) is 6.37. The van der Waals surface area contributed by atoms with Gasteiger partial charge in [-0.3, -0.25) is 5.73 Å². The molecular weight excluding hydrogens is 344 g/mol. The average molecular weight is 364 g/mol. The largest absolute Gasteiger partial charge is 0.496 e. The lowest BCUT2D eigenvalue weighted by Gasteiger charge is -2.33. The smallest absolute Gasteiger partial charge is 0.167 e. The van der Waals surface area contributed by atoms with Gasteiger partial charge in [-0.15, -0.1) is 0 Å². The number of rotatable bonds is 4. The van der Waals surface area contributed by atoms with E-state index in [1.807, 2.05) is 30.3 Å². The van der Waals surface area contributed by atoms with Gasteiger partial charge in [0.25, 0.3) is 0 Å². The third kappa shape index (κ3) is 2.69. The zero-order valence-electron chi connectivity index (χ0n) is 15.0. The molecule has 0 saturated carbocycles. The van der Waals surface area contributed by atoms with Crippen LogP contribution in [0.5, 0.6) is 11.5 Å². The maximum absolute atomic E-state index is 6.81. The first kappa shape index (κ1) is 17.0. The lowest BCUT2D eigenvalue weighted by atomic mass is 9.88. The lowest BCUT2D eigenvalue weighted by molar-refractivity contribution is 0.396. The van der Waals surface area contributed by atoms with E-state index in [-0.39, 0.29) is 0 Å². The number of methoxy groups -OCH3 is 2. The Bertz CT molecular complexity index is 1010. The molecule has 0 saturated heterocycles. The van der Waals surface area contributed by atoms with Crippen molar-refractivity contribution in [3.8, 4) is 22.8 Å². The third-order valence-corrected chi connectivity index (χ3v) is 4.68. The SMILES string of the molecule is COc1cc2c(cc1N)C(N)(c1cc(-c3ccco3)ccc1OC)N=CN2. The fourth-order valence-electron chi connectivity index (χ4n) is 3.30. The molecule has 4 rings (SSSR count). The molecule has 1 aliphatic heterocycles. The molecule has 7 nitrogen and oxygen atoms in total. The minimum absolute atomic E-state index is 0.478. The molecule has 1 atom stereocenters. The first-order chi connectivity index (χ1) is 13.1. The molecule has 0 bridgehead atoms. The number of hydrogen-bond donors (Lipinski definition) is 3. The number of nitrogens with zero attached hydrogens (tertiary/aromatic N) is 1. The molecule has 0 amide bonds. The van der Waals surface area contributed by atoms with Crippen LogP contribution in [0.4, 0.5) is 11.4 Å². The summed E-state index contributed by atoms with van der Waals surface area (Å²) in [5.74, 6) is 1.91. The molecule has 1 aliphatic rings. The van der Waals surface area contributed by atoms with Crippen LogP contribution in [0, 0.1) is 0 Å². The summed E-state index contributed by atoms with van der Waals surface area (Å²) in [6, 6.07) is 13.0. The number of nitrogens with two attached hydrogens (primary N) is 2. The first-order valence-electron chi connectivity index (χ1n) is 8.36. The number of ether oxygens (including phenoxy) is 2. The Balaban J connectivity index is 1.93. The summed E-state index contributed by atoms with van der Waals surface area (Å²) in [4.78, 5) is 4.54. The van der Waals surface area contributed by atoms with Crippen LogP contribution in [0.25, 0.3) is 11.3 Å². The summed E-state index contributed by atoms with van der Waals surface area (Å²) in [6.07, 6.45) is 3.19. The van der Waals surface area contributed by atoms with Gasteiger partial charge in [-0.2, -0.15) is 0 Å². The summed E-state index contributed by atoms with van der Waals surface area (Å²) in [5.41, 5.74) is 15.3. The molecule has 27 heavy (non-hydrogen) atoms. The van der Waals surface area contributed by atoms with Gasteiger partial charge in [0.15, 0.2) is 5.66 Å². The molecule has 0 spiro atoms. The highest BCUT2D eigenvalue weighted by molar-refractivity contribution is 5.85. The number of hydrogen-bond acceptors (Lipinski definition) is 7. The number of fused-ring (bicyclic) bond motifs is 1. The van der Waals surface area contributed by atoms with E-state index in [2.05, 4.69) is 10.3 Å². The van der Waals surface area contributed by atoms with Crippen LogP contribution >= 0.6 is 0 Å². The Labute approximate surface area is 156 Å². The van der Waals surface area contributed by atoms with E-state index in [1.165, 1.54) is 0 Å². The van der Waals surface area contributed by atoms with Crippen LogP contribution in [-0.2, 0) is 5.66 Å². The highest BCUT2D eigenvalue weighted by Crippen LogP contribution is 2.44. The van der Waals surface area contributed by atoms with Crippen LogP contribution in [0.1, 0.15) is 11.1 Å². The van der Waals surface area contributed by atoms with Crippen LogP contribution in [0.2, 0.25) is 0 Å². The Morgan fingerprint density at radius 1 is 1.04 bits per heavy atom. The van der Waals surface area contributed by atoms with Crippen molar-refractivity contribution in [1.29, 1.82) is 0 Å². The number of anilines is 2. The number of aliphatic imine (C=N–C) groups is 1. The molecule has 5 N–H and O–H groups in total. The van der Waals surface area contributed by atoms with E-state index in [9.17, 15) is 0 Å². The molecule has 2 heterocycles. The minimum Gasteiger partial charge on any atom is -0.496 e. The summed E-state index contributed by atoms with van der Waals surface area (Å²) >= 11 is 0. The van der Waals surface area contributed by atoms with Gasteiger partial charge < -0.3 is 24.9 Å². The van der Waals surface area contributed by atoms with E-state index in [0.717, 1.165) is 22.6 Å². The molecule has 1 unspecified atom stereocenters. The lowest BCUT2D eigenvalue weighted by Crippen LogP contribution is -2.40. The predicted octanol–water partition coefficient (Wildman–Crippen LogP) is 3.16. The second-order valence-corrected chi connectivity index (χ2v) is 6.20. The minimum atomic E-state index is -1.19. The zero-order chi connectivity index (χ0) is 19.0. The maximum atomic E-state index is 6.81. The standard InChI is InChI=1S/C20H20N4O3/c1-25-18-6-5-12(17-4-3-7-27-17)8-14(18)20(22)13-9-15(21)19(26-2)10-16(13)23-11-24-20/h3-11H,21-22H2,1-2H3,(H,23,24). The highest BCUT2D eigenvalue weighted by Gasteiger charge is 2.37. The highest BCUT2D eigenvalue weighted by atomic mass is 16.5. The van der Waals surface area contributed by atoms with Crippen LogP contribution in [-0.4, -0.2) is 20.6 Å².